The molecule has 32 heavy (non-hydrogen) atoms. The summed E-state index contributed by atoms with van der Waals surface area (Å²) < 4.78 is 10.8. The number of hydrogen-bond acceptors (Lipinski definition) is 5. The van der Waals surface area contributed by atoms with Crippen LogP contribution in [0.5, 0.6) is 11.5 Å². The number of piperidine rings is 1. The van der Waals surface area contributed by atoms with E-state index in [2.05, 4.69) is 45.7 Å². The molecule has 0 saturated carbocycles. The largest absolute Gasteiger partial charge is 0.493 e. The minimum absolute atomic E-state index is 0.157. The number of urea groups is 1. The topological polar surface area (TPSA) is 66.1 Å². The number of nitrogens with one attached hydrogen (secondary N) is 2. The lowest BCUT2D eigenvalue weighted by Crippen LogP contribution is -2.41. The Kier molecular flexibility index (Phi) is 7.05. The van der Waals surface area contributed by atoms with Gasteiger partial charge in [-0.2, -0.15) is 0 Å². The molecule has 7 heteroatoms. The standard InChI is InChI=1S/C25H34N4O3/c1-28-15-12-19-16-18(10-11-21(19)28)22(29-13-5-4-6-14-29)17-26-25(30)27-20-8-7-9-23(31-2)24(20)32-3/h7-11,16,22H,4-6,12-15,17H2,1-3H3,(H2,26,27,30). The minimum atomic E-state index is -0.251. The zero-order valence-electron chi connectivity index (χ0n) is 19.3. The highest BCUT2D eigenvalue weighted by Crippen LogP contribution is 2.35. The summed E-state index contributed by atoms with van der Waals surface area (Å²) in [7, 11) is 5.30. The maximum absolute atomic E-state index is 12.8. The highest BCUT2D eigenvalue weighted by Gasteiger charge is 2.25. The van der Waals surface area contributed by atoms with Crippen molar-refractivity contribution >= 4 is 17.4 Å². The van der Waals surface area contributed by atoms with Crippen LogP contribution in [0.4, 0.5) is 16.2 Å². The van der Waals surface area contributed by atoms with Crippen molar-refractivity contribution in [1.82, 2.24) is 10.2 Å². The maximum atomic E-state index is 12.8. The number of rotatable bonds is 7. The van der Waals surface area contributed by atoms with Crippen LogP contribution in [0.15, 0.2) is 36.4 Å². The number of fused-ring (bicyclic) bond motifs is 1. The summed E-state index contributed by atoms with van der Waals surface area (Å²) >= 11 is 0. The Hall–Kier alpha value is -2.93. The number of hydrogen-bond donors (Lipinski definition) is 2. The highest BCUT2D eigenvalue weighted by molar-refractivity contribution is 5.91. The van der Waals surface area contributed by atoms with Crippen LogP contribution in [-0.4, -0.2) is 58.4 Å². The van der Waals surface area contributed by atoms with Crippen molar-refractivity contribution in [2.75, 3.05) is 57.7 Å². The number of nitrogens with zero attached hydrogens (tertiary/aromatic N) is 2. The van der Waals surface area contributed by atoms with E-state index in [0.29, 0.717) is 23.7 Å². The molecule has 1 atom stereocenters. The minimum Gasteiger partial charge on any atom is -0.493 e. The first kappa shape index (κ1) is 22.3. The van der Waals surface area contributed by atoms with Gasteiger partial charge in [-0.3, -0.25) is 4.90 Å². The third-order valence-corrected chi connectivity index (χ3v) is 6.55. The van der Waals surface area contributed by atoms with E-state index in [-0.39, 0.29) is 12.1 Å². The van der Waals surface area contributed by atoms with Crippen LogP contribution in [0.1, 0.15) is 36.4 Å². The number of methoxy groups -OCH3 is 2. The molecule has 2 aliphatic rings. The van der Waals surface area contributed by atoms with Crippen LogP contribution in [0.3, 0.4) is 0 Å². The Morgan fingerprint density at radius 3 is 2.62 bits per heavy atom. The summed E-state index contributed by atoms with van der Waals surface area (Å²) in [6, 6.07) is 12.1. The molecule has 2 aromatic rings. The fraction of sp³-hybridized carbons (Fsp3) is 0.480. The number of benzene rings is 2. The Morgan fingerprint density at radius 2 is 1.88 bits per heavy atom. The van der Waals surface area contributed by atoms with Crippen LogP contribution in [-0.2, 0) is 6.42 Å². The van der Waals surface area contributed by atoms with Crippen LogP contribution in [0, 0.1) is 0 Å². The third-order valence-electron chi connectivity index (χ3n) is 6.55. The first-order valence-electron chi connectivity index (χ1n) is 11.4. The molecule has 0 aliphatic carbocycles. The number of anilines is 2. The SMILES string of the molecule is COc1cccc(NC(=O)NCC(c2ccc3c(c2)CCN3C)N2CCCCC2)c1OC. The van der Waals surface area contributed by atoms with E-state index < -0.39 is 0 Å². The summed E-state index contributed by atoms with van der Waals surface area (Å²) in [5.74, 6) is 1.10. The molecule has 172 valence electrons. The fourth-order valence-electron chi connectivity index (χ4n) is 4.82. The molecule has 2 aliphatic heterocycles. The van der Waals surface area contributed by atoms with E-state index in [0.717, 1.165) is 26.1 Å². The van der Waals surface area contributed by atoms with Crippen LogP contribution in [0.25, 0.3) is 0 Å². The van der Waals surface area contributed by atoms with Gasteiger partial charge in [-0.25, -0.2) is 4.79 Å². The van der Waals surface area contributed by atoms with E-state index in [4.69, 9.17) is 9.47 Å². The summed E-state index contributed by atoms with van der Waals surface area (Å²) in [6.07, 6.45) is 4.77. The maximum Gasteiger partial charge on any atom is 0.319 e. The molecule has 0 aromatic heterocycles. The molecule has 2 heterocycles. The Bertz CT molecular complexity index is 943. The van der Waals surface area contributed by atoms with Crippen LogP contribution in [0.2, 0.25) is 0 Å². The van der Waals surface area contributed by atoms with Gasteiger partial charge < -0.3 is 25.0 Å². The molecule has 1 unspecified atom stereocenters. The number of ether oxygens (including phenoxy) is 2. The van der Waals surface area contributed by atoms with Gasteiger partial charge in [0.25, 0.3) is 0 Å². The van der Waals surface area contributed by atoms with Crippen molar-refractivity contribution in [3.63, 3.8) is 0 Å². The van der Waals surface area contributed by atoms with Gasteiger partial charge in [0.1, 0.15) is 0 Å². The van der Waals surface area contributed by atoms with Crippen molar-refractivity contribution < 1.29 is 14.3 Å². The quantitative estimate of drug-likeness (QED) is 0.683. The first-order valence-corrected chi connectivity index (χ1v) is 11.4. The zero-order chi connectivity index (χ0) is 22.5. The lowest BCUT2D eigenvalue weighted by atomic mass is 9.98. The molecular formula is C25H34N4O3. The monoisotopic (exact) mass is 438 g/mol. The Labute approximate surface area is 190 Å². The second-order valence-electron chi connectivity index (χ2n) is 8.55. The number of likely N-dealkylation sites (N-methyl/N-ethyl adjacent to an activating group) is 1. The fourth-order valence-corrected chi connectivity index (χ4v) is 4.82. The Balaban J connectivity index is 1.48. The molecule has 4 rings (SSSR count). The van der Waals surface area contributed by atoms with Gasteiger partial charge in [0, 0.05) is 25.8 Å². The lowest BCUT2D eigenvalue weighted by molar-refractivity contribution is 0.161. The van der Waals surface area contributed by atoms with E-state index in [1.54, 1.807) is 26.4 Å². The van der Waals surface area contributed by atoms with Gasteiger partial charge in [0.05, 0.1) is 25.9 Å². The predicted octanol–water partition coefficient (Wildman–Crippen LogP) is 4.04. The number of amides is 2. The molecule has 0 bridgehead atoms. The summed E-state index contributed by atoms with van der Waals surface area (Å²) in [4.78, 5) is 17.6. The van der Waals surface area contributed by atoms with E-state index in [9.17, 15) is 4.79 Å². The van der Waals surface area contributed by atoms with Crippen molar-refractivity contribution in [1.29, 1.82) is 0 Å². The van der Waals surface area contributed by atoms with Gasteiger partial charge in [-0.05, 0) is 61.7 Å². The first-order chi connectivity index (χ1) is 15.6. The number of para-hydroxylation sites is 1. The normalized spacial score (nSPS) is 16.9. The van der Waals surface area contributed by atoms with Gasteiger partial charge in [-0.15, -0.1) is 0 Å². The lowest BCUT2D eigenvalue weighted by Gasteiger charge is -2.35. The van der Waals surface area contributed by atoms with E-state index in [1.165, 1.54) is 36.1 Å². The molecule has 1 saturated heterocycles. The number of carbonyl (C=O) groups excluding carboxylic acids is 1. The smallest absolute Gasteiger partial charge is 0.319 e. The van der Waals surface area contributed by atoms with E-state index >= 15 is 0 Å². The summed E-state index contributed by atoms with van der Waals surface area (Å²) in [6.45, 7) is 3.74. The Morgan fingerprint density at radius 1 is 1.06 bits per heavy atom. The van der Waals surface area contributed by atoms with Crippen molar-refractivity contribution in [3.8, 4) is 11.5 Å². The van der Waals surface area contributed by atoms with Gasteiger partial charge in [-0.1, -0.05) is 24.6 Å². The van der Waals surface area contributed by atoms with Crippen molar-refractivity contribution in [3.05, 3.63) is 47.5 Å². The second-order valence-corrected chi connectivity index (χ2v) is 8.55. The average Bonchev–Trinajstić information content (AvgIpc) is 3.19. The third kappa shape index (κ3) is 4.78. The summed E-state index contributed by atoms with van der Waals surface area (Å²) in [5.41, 5.74) is 4.58. The van der Waals surface area contributed by atoms with Crippen LogP contribution >= 0.6 is 0 Å². The number of carbonyl (C=O) groups is 1. The molecule has 0 spiro atoms. The molecule has 1 fully saturated rings. The van der Waals surface area contributed by atoms with Gasteiger partial charge in [0.2, 0.25) is 0 Å². The molecule has 2 amide bonds. The van der Waals surface area contributed by atoms with Crippen molar-refractivity contribution in [2.45, 2.75) is 31.7 Å². The molecule has 0 radical (unpaired) electrons. The van der Waals surface area contributed by atoms with Gasteiger partial charge >= 0.3 is 6.03 Å². The summed E-state index contributed by atoms with van der Waals surface area (Å²) in [5, 5.41) is 6.01. The molecule has 2 N–H and O–H groups in total. The molecule has 7 nitrogen and oxygen atoms in total. The zero-order valence-corrected chi connectivity index (χ0v) is 19.3. The highest BCUT2D eigenvalue weighted by atomic mass is 16.5. The molecular weight excluding hydrogens is 404 g/mol. The number of likely N-dealkylation sites (tertiary alicyclic amines) is 1. The van der Waals surface area contributed by atoms with Crippen molar-refractivity contribution in [2.24, 2.45) is 0 Å². The second kappa shape index (κ2) is 10.1. The van der Waals surface area contributed by atoms with Gasteiger partial charge in [0.15, 0.2) is 11.5 Å². The average molecular weight is 439 g/mol. The molecule has 2 aromatic carbocycles. The predicted molar refractivity (Wildman–Crippen MR) is 128 cm³/mol. The van der Waals surface area contributed by atoms with Crippen LogP contribution < -0.4 is 25.0 Å². The van der Waals surface area contributed by atoms with E-state index in [1.807, 2.05) is 6.07 Å².